The Kier molecular flexibility index (Phi) is 5.59. The highest BCUT2D eigenvalue weighted by Crippen LogP contribution is 2.27. The Hall–Kier alpha value is -1.66. The van der Waals surface area contributed by atoms with Crippen LogP contribution < -0.4 is 0 Å². The number of hydrogen-bond acceptors (Lipinski definition) is 5. The van der Waals surface area contributed by atoms with E-state index in [2.05, 4.69) is 0 Å². The van der Waals surface area contributed by atoms with Gasteiger partial charge in [-0.25, -0.2) is 4.79 Å². The minimum atomic E-state index is -2.23. The zero-order valence-electron chi connectivity index (χ0n) is 13.7. The Bertz CT molecular complexity index is 684. The second-order valence-electron chi connectivity index (χ2n) is 6.20. The van der Waals surface area contributed by atoms with E-state index in [1.54, 1.807) is 41.8 Å². The van der Waals surface area contributed by atoms with E-state index in [4.69, 9.17) is 4.84 Å². The standard InChI is InChI=1S/C17H23NO4S/c1-4-13-10-18(11-15(13)16(19)12-23(2,3)21)22-17(20)14-8-6-5-7-9-14/h5-9,12-13,15H,4,10-11H2,1-3H3. The van der Waals surface area contributed by atoms with Crippen LogP contribution in [0.2, 0.25) is 0 Å². The summed E-state index contributed by atoms with van der Waals surface area (Å²) in [5, 5.41) is 2.87. The van der Waals surface area contributed by atoms with Crippen LogP contribution in [0.4, 0.5) is 0 Å². The van der Waals surface area contributed by atoms with Gasteiger partial charge in [0.05, 0.1) is 5.56 Å². The molecule has 0 aliphatic carbocycles. The van der Waals surface area contributed by atoms with Gasteiger partial charge in [-0.05, 0) is 27.6 Å². The monoisotopic (exact) mass is 337 g/mol. The Balaban J connectivity index is 2.06. The molecule has 0 aromatic heterocycles. The summed E-state index contributed by atoms with van der Waals surface area (Å²) >= 11 is 0. The molecule has 1 aromatic carbocycles. The summed E-state index contributed by atoms with van der Waals surface area (Å²) in [6.07, 6.45) is 3.90. The molecule has 1 aliphatic heterocycles. The molecule has 1 aliphatic rings. The number of nitrogens with zero attached hydrogens (tertiary/aromatic N) is 1. The van der Waals surface area contributed by atoms with Crippen LogP contribution in [0.3, 0.4) is 0 Å². The number of carbonyl (C=O) groups excluding carboxylic acids is 2. The highest BCUT2D eigenvalue weighted by molar-refractivity contribution is 8.01. The lowest BCUT2D eigenvalue weighted by Gasteiger charge is -2.14. The average molecular weight is 337 g/mol. The van der Waals surface area contributed by atoms with Gasteiger partial charge in [0.2, 0.25) is 0 Å². The molecule has 5 nitrogen and oxygen atoms in total. The normalized spacial score (nSPS) is 21.9. The number of hydroxylamine groups is 2. The van der Waals surface area contributed by atoms with E-state index < -0.39 is 15.5 Å². The van der Waals surface area contributed by atoms with Gasteiger partial charge in [0.1, 0.15) is 0 Å². The van der Waals surface area contributed by atoms with Crippen molar-refractivity contribution in [3.05, 3.63) is 35.9 Å². The largest absolute Gasteiger partial charge is 0.364 e. The van der Waals surface area contributed by atoms with Gasteiger partial charge in [0, 0.05) is 36.9 Å². The predicted molar refractivity (Wildman–Crippen MR) is 91.8 cm³/mol. The van der Waals surface area contributed by atoms with E-state index in [0.717, 1.165) is 6.42 Å². The second kappa shape index (κ2) is 7.27. The minimum absolute atomic E-state index is 0.101. The first kappa shape index (κ1) is 17.7. The zero-order valence-corrected chi connectivity index (χ0v) is 14.5. The van der Waals surface area contributed by atoms with Crippen molar-refractivity contribution in [3.8, 4) is 0 Å². The third-order valence-corrected chi connectivity index (χ3v) is 4.72. The molecule has 126 valence electrons. The molecule has 1 saturated heterocycles. The minimum Gasteiger partial charge on any atom is -0.364 e. The maximum Gasteiger partial charge on any atom is 0.357 e. The first-order valence-electron chi connectivity index (χ1n) is 7.65. The molecule has 2 unspecified atom stereocenters. The van der Waals surface area contributed by atoms with Gasteiger partial charge in [0.15, 0.2) is 5.78 Å². The molecular formula is C17H23NO4S. The molecule has 0 amide bonds. The summed E-state index contributed by atoms with van der Waals surface area (Å²) in [5.41, 5.74) is 0.479. The Labute approximate surface area is 137 Å². The van der Waals surface area contributed by atoms with Crippen LogP contribution in [-0.4, -0.2) is 52.0 Å². The van der Waals surface area contributed by atoms with Crippen LogP contribution in [-0.2, 0) is 19.2 Å². The molecule has 1 fully saturated rings. The first-order chi connectivity index (χ1) is 10.8. The second-order valence-corrected chi connectivity index (χ2v) is 9.05. The number of ketones is 1. The molecular weight excluding hydrogens is 314 g/mol. The van der Waals surface area contributed by atoms with Gasteiger partial charge in [-0.3, -0.25) is 9.00 Å². The zero-order chi connectivity index (χ0) is 17.0. The molecule has 0 spiro atoms. The average Bonchev–Trinajstić information content (AvgIpc) is 2.89. The van der Waals surface area contributed by atoms with E-state index in [9.17, 15) is 13.8 Å². The van der Waals surface area contributed by atoms with Gasteiger partial charge < -0.3 is 4.84 Å². The Morgan fingerprint density at radius 3 is 2.48 bits per heavy atom. The Morgan fingerprint density at radius 2 is 1.91 bits per heavy atom. The van der Waals surface area contributed by atoms with Crippen LogP contribution in [0.15, 0.2) is 30.3 Å². The summed E-state index contributed by atoms with van der Waals surface area (Å²) < 4.78 is 11.8. The highest BCUT2D eigenvalue weighted by Gasteiger charge is 2.37. The third-order valence-electron chi connectivity index (χ3n) is 3.92. The van der Waals surface area contributed by atoms with Crippen LogP contribution in [0, 0.1) is 11.8 Å². The molecule has 0 saturated carbocycles. The molecule has 6 heteroatoms. The van der Waals surface area contributed by atoms with Crippen molar-refractivity contribution >= 4 is 26.6 Å². The summed E-state index contributed by atoms with van der Waals surface area (Å²) in [6.45, 7) is 2.87. The topological polar surface area (TPSA) is 63.7 Å². The van der Waals surface area contributed by atoms with E-state index >= 15 is 0 Å². The number of Topliss-reactive ketones (excluding diaryl/α,β-unsaturated/α-hetero) is 1. The van der Waals surface area contributed by atoms with Gasteiger partial charge in [-0.2, -0.15) is 0 Å². The van der Waals surface area contributed by atoms with Gasteiger partial charge >= 0.3 is 5.97 Å². The van der Waals surface area contributed by atoms with Crippen LogP contribution >= 0.6 is 0 Å². The van der Waals surface area contributed by atoms with Crippen molar-refractivity contribution in [1.82, 2.24) is 5.06 Å². The van der Waals surface area contributed by atoms with Crippen LogP contribution in [0.5, 0.6) is 0 Å². The molecule has 2 atom stereocenters. The molecule has 1 aromatic rings. The highest BCUT2D eigenvalue weighted by atomic mass is 32.2. The summed E-state index contributed by atoms with van der Waals surface area (Å²) in [7, 11) is -2.23. The fraction of sp³-hybridized carbons (Fsp3) is 0.471. The molecule has 0 N–H and O–H groups in total. The van der Waals surface area contributed by atoms with Gasteiger partial charge in [0.25, 0.3) is 0 Å². The summed E-state index contributed by atoms with van der Waals surface area (Å²) in [4.78, 5) is 29.8. The number of benzene rings is 1. The van der Waals surface area contributed by atoms with Crippen LogP contribution in [0.1, 0.15) is 23.7 Å². The first-order valence-corrected chi connectivity index (χ1v) is 10.1. The fourth-order valence-corrected chi connectivity index (χ4v) is 3.49. The van der Waals surface area contributed by atoms with E-state index in [0.29, 0.717) is 18.7 Å². The lowest BCUT2D eigenvalue weighted by Crippen LogP contribution is -2.28. The van der Waals surface area contributed by atoms with Gasteiger partial charge in [-0.1, -0.05) is 31.5 Å². The van der Waals surface area contributed by atoms with E-state index in [1.165, 1.54) is 5.37 Å². The van der Waals surface area contributed by atoms with Crippen molar-refractivity contribution in [2.75, 3.05) is 25.6 Å². The molecule has 1 heterocycles. The SMILES string of the molecule is CCC1CN(OC(=O)c2ccccc2)CC1C(=O)C=S(C)(C)=O. The maximum atomic E-state index is 12.3. The lowest BCUT2D eigenvalue weighted by atomic mass is 9.91. The van der Waals surface area contributed by atoms with Crippen LogP contribution in [0.25, 0.3) is 0 Å². The number of rotatable bonds is 5. The molecule has 23 heavy (non-hydrogen) atoms. The molecule has 0 bridgehead atoms. The quantitative estimate of drug-likeness (QED) is 0.764. The fourth-order valence-electron chi connectivity index (χ4n) is 2.75. The third kappa shape index (κ3) is 4.91. The van der Waals surface area contributed by atoms with Gasteiger partial charge in [-0.15, -0.1) is 5.06 Å². The van der Waals surface area contributed by atoms with Crippen molar-refractivity contribution in [2.45, 2.75) is 13.3 Å². The lowest BCUT2D eigenvalue weighted by molar-refractivity contribution is -0.119. The smallest absolute Gasteiger partial charge is 0.357 e. The van der Waals surface area contributed by atoms with Crippen molar-refractivity contribution in [2.24, 2.45) is 11.8 Å². The Morgan fingerprint density at radius 1 is 1.26 bits per heavy atom. The van der Waals surface area contributed by atoms with E-state index in [1.807, 2.05) is 13.0 Å². The summed E-state index contributed by atoms with van der Waals surface area (Å²) in [6, 6.07) is 8.76. The molecule has 2 rings (SSSR count). The predicted octanol–water partition coefficient (Wildman–Crippen LogP) is 1.63. The van der Waals surface area contributed by atoms with Crippen molar-refractivity contribution < 1.29 is 18.6 Å². The van der Waals surface area contributed by atoms with Crippen molar-refractivity contribution in [3.63, 3.8) is 0 Å². The number of carbonyl (C=O) groups is 2. The van der Waals surface area contributed by atoms with Crippen molar-refractivity contribution in [1.29, 1.82) is 0 Å². The number of hydrogen-bond donors (Lipinski definition) is 0. The van der Waals surface area contributed by atoms with E-state index in [-0.39, 0.29) is 17.6 Å². The molecule has 0 radical (unpaired) electrons. The summed E-state index contributed by atoms with van der Waals surface area (Å²) in [5.74, 6) is -0.717. The maximum absolute atomic E-state index is 12.3.